The maximum absolute atomic E-state index is 13.7. The number of carbonyl (C=O) groups is 2. The topological polar surface area (TPSA) is 84.2 Å². The van der Waals surface area contributed by atoms with Gasteiger partial charge in [0.15, 0.2) is 0 Å². The fourth-order valence-corrected chi connectivity index (χ4v) is 1.51. The number of amides is 2. The molecule has 0 spiro atoms. The van der Waals surface area contributed by atoms with Gasteiger partial charge in [-0.3, -0.25) is 9.59 Å². The molecular formula is C14H20FN3O2. The highest BCUT2D eigenvalue weighted by molar-refractivity contribution is 5.96. The number of halogens is 1. The maximum Gasteiger partial charge on any atom is 0.241 e. The molecule has 0 aromatic heterocycles. The van der Waals surface area contributed by atoms with E-state index in [9.17, 15) is 14.0 Å². The van der Waals surface area contributed by atoms with Crippen molar-refractivity contribution < 1.29 is 14.0 Å². The van der Waals surface area contributed by atoms with E-state index in [0.717, 1.165) is 0 Å². The Morgan fingerprint density at radius 2 is 1.85 bits per heavy atom. The first-order chi connectivity index (χ1) is 9.11. The van der Waals surface area contributed by atoms with E-state index in [4.69, 9.17) is 5.73 Å². The van der Waals surface area contributed by atoms with Gasteiger partial charge >= 0.3 is 0 Å². The maximum atomic E-state index is 13.7. The van der Waals surface area contributed by atoms with Crippen LogP contribution in [-0.2, 0) is 9.59 Å². The molecule has 6 heteroatoms. The van der Waals surface area contributed by atoms with Gasteiger partial charge in [0, 0.05) is 12.6 Å². The van der Waals surface area contributed by atoms with Crippen LogP contribution in [0.3, 0.4) is 0 Å². The number of rotatable bonds is 3. The van der Waals surface area contributed by atoms with E-state index in [2.05, 4.69) is 10.6 Å². The molecular weight excluding hydrogens is 261 g/mol. The third kappa shape index (κ3) is 4.31. The number of nitrogens with one attached hydrogen (secondary N) is 2. The number of carbonyl (C=O) groups excluding carboxylic acids is 2. The van der Waals surface area contributed by atoms with E-state index in [0.29, 0.717) is 5.69 Å². The van der Waals surface area contributed by atoms with Crippen LogP contribution in [0.15, 0.2) is 18.2 Å². The summed E-state index contributed by atoms with van der Waals surface area (Å²) in [4.78, 5) is 22.9. The number of anilines is 2. The molecule has 110 valence electrons. The normalized spacial score (nSPS) is 12.7. The molecule has 1 atom stereocenters. The molecule has 0 aliphatic heterocycles. The second-order valence-corrected chi connectivity index (χ2v) is 5.71. The molecule has 2 amide bonds. The van der Waals surface area contributed by atoms with Gasteiger partial charge in [-0.15, -0.1) is 0 Å². The molecule has 0 heterocycles. The van der Waals surface area contributed by atoms with Crippen LogP contribution in [0.5, 0.6) is 0 Å². The summed E-state index contributed by atoms with van der Waals surface area (Å²) in [6.45, 7) is 6.81. The van der Waals surface area contributed by atoms with Crippen LogP contribution in [0.1, 0.15) is 27.7 Å². The van der Waals surface area contributed by atoms with Crippen molar-refractivity contribution in [1.82, 2.24) is 0 Å². The molecule has 0 saturated carbocycles. The smallest absolute Gasteiger partial charge is 0.241 e. The van der Waals surface area contributed by atoms with Gasteiger partial charge in [-0.05, 0) is 23.6 Å². The molecule has 1 rings (SSSR count). The number of nitrogens with two attached hydrogens (primary N) is 1. The Morgan fingerprint density at radius 1 is 1.25 bits per heavy atom. The molecule has 0 saturated heterocycles. The summed E-state index contributed by atoms with van der Waals surface area (Å²) >= 11 is 0. The Hall–Kier alpha value is -1.95. The lowest BCUT2D eigenvalue weighted by molar-refractivity contribution is -0.119. The first kappa shape index (κ1) is 16.1. The van der Waals surface area contributed by atoms with E-state index < -0.39 is 23.2 Å². The average molecular weight is 281 g/mol. The van der Waals surface area contributed by atoms with Crippen LogP contribution in [-0.4, -0.2) is 17.9 Å². The summed E-state index contributed by atoms with van der Waals surface area (Å²) in [7, 11) is 0. The van der Waals surface area contributed by atoms with Crippen LogP contribution >= 0.6 is 0 Å². The van der Waals surface area contributed by atoms with Crippen LogP contribution in [0, 0.1) is 11.2 Å². The summed E-state index contributed by atoms with van der Waals surface area (Å²) in [6.07, 6.45) is 0. The van der Waals surface area contributed by atoms with Crippen molar-refractivity contribution in [2.24, 2.45) is 11.1 Å². The van der Waals surface area contributed by atoms with Crippen LogP contribution in [0.25, 0.3) is 0 Å². The number of benzene rings is 1. The molecule has 0 fully saturated rings. The largest absolute Gasteiger partial charge is 0.326 e. The van der Waals surface area contributed by atoms with Gasteiger partial charge in [-0.25, -0.2) is 4.39 Å². The Labute approximate surface area is 117 Å². The van der Waals surface area contributed by atoms with Gasteiger partial charge in [-0.2, -0.15) is 0 Å². The predicted octanol–water partition coefficient (Wildman–Crippen LogP) is 2.10. The highest BCUT2D eigenvalue weighted by atomic mass is 19.1. The Bertz CT molecular complexity index is 524. The quantitative estimate of drug-likeness (QED) is 0.793. The zero-order valence-corrected chi connectivity index (χ0v) is 12.1. The van der Waals surface area contributed by atoms with Crippen molar-refractivity contribution in [2.45, 2.75) is 33.7 Å². The van der Waals surface area contributed by atoms with Gasteiger partial charge in [0.2, 0.25) is 11.8 Å². The third-order valence-electron chi connectivity index (χ3n) is 2.76. The van der Waals surface area contributed by atoms with E-state index >= 15 is 0 Å². The molecule has 5 nitrogen and oxygen atoms in total. The monoisotopic (exact) mass is 281 g/mol. The van der Waals surface area contributed by atoms with Crippen molar-refractivity contribution in [3.63, 3.8) is 0 Å². The van der Waals surface area contributed by atoms with Crippen LogP contribution in [0.2, 0.25) is 0 Å². The molecule has 1 aromatic carbocycles. The lowest BCUT2D eigenvalue weighted by Gasteiger charge is -2.26. The number of hydrogen-bond donors (Lipinski definition) is 3. The first-order valence-corrected chi connectivity index (χ1v) is 6.25. The Balaban J connectivity index is 2.91. The lowest BCUT2D eigenvalue weighted by atomic mass is 9.87. The van der Waals surface area contributed by atoms with Crippen molar-refractivity contribution in [1.29, 1.82) is 0 Å². The van der Waals surface area contributed by atoms with E-state index in [1.54, 1.807) is 0 Å². The van der Waals surface area contributed by atoms with E-state index in [1.165, 1.54) is 25.1 Å². The van der Waals surface area contributed by atoms with Gasteiger partial charge in [-0.1, -0.05) is 20.8 Å². The summed E-state index contributed by atoms with van der Waals surface area (Å²) in [5, 5.41) is 4.96. The molecule has 1 aromatic rings. The Kier molecular flexibility index (Phi) is 4.83. The van der Waals surface area contributed by atoms with Gasteiger partial charge in [0.25, 0.3) is 0 Å². The summed E-state index contributed by atoms with van der Waals surface area (Å²) in [5.41, 5.74) is 5.76. The van der Waals surface area contributed by atoms with E-state index in [-0.39, 0.29) is 11.6 Å². The minimum absolute atomic E-state index is 0.0130. The van der Waals surface area contributed by atoms with Crippen LogP contribution < -0.4 is 16.4 Å². The lowest BCUT2D eigenvalue weighted by Crippen LogP contribution is -2.45. The highest BCUT2D eigenvalue weighted by Crippen LogP contribution is 2.22. The summed E-state index contributed by atoms with van der Waals surface area (Å²) in [5.74, 6) is -1.34. The molecule has 0 bridgehead atoms. The molecule has 0 radical (unpaired) electrons. The zero-order chi connectivity index (χ0) is 15.5. The average Bonchev–Trinajstić information content (AvgIpc) is 2.30. The Morgan fingerprint density at radius 3 is 2.35 bits per heavy atom. The van der Waals surface area contributed by atoms with Crippen molar-refractivity contribution in [3.8, 4) is 0 Å². The minimum Gasteiger partial charge on any atom is -0.326 e. The highest BCUT2D eigenvalue weighted by Gasteiger charge is 2.27. The van der Waals surface area contributed by atoms with Crippen molar-refractivity contribution in [3.05, 3.63) is 24.0 Å². The van der Waals surface area contributed by atoms with Gasteiger partial charge < -0.3 is 16.4 Å². The van der Waals surface area contributed by atoms with Crippen LogP contribution in [0.4, 0.5) is 15.8 Å². The SMILES string of the molecule is CC(=O)Nc1ccc(F)c(NC(=O)[C@H](N)C(C)(C)C)c1. The van der Waals surface area contributed by atoms with Crippen molar-refractivity contribution in [2.75, 3.05) is 10.6 Å². The molecule has 20 heavy (non-hydrogen) atoms. The van der Waals surface area contributed by atoms with Crippen molar-refractivity contribution >= 4 is 23.2 Å². The van der Waals surface area contributed by atoms with Gasteiger partial charge in [0.05, 0.1) is 11.7 Å². The molecule has 4 N–H and O–H groups in total. The molecule has 0 unspecified atom stereocenters. The summed E-state index contributed by atoms with van der Waals surface area (Å²) < 4.78 is 13.7. The predicted molar refractivity (Wildman–Crippen MR) is 76.8 cm³/mol. The third-order valence-corrected chi connectivity index (χ3v) is 2.76. The second kappa shape index (κ2) is 6.00. The molecule has 0 aliphatic rings. The zero-order valence-electron chi connectivity index (χ0n) is 12.1. The first-order valence-electron chi connectivity index (χ1n) is 6.25. The second-order valence-electron chi connectivity index (χ2n) is 5.71. The molecule has 0 aliphatic carbocycles. The minimum atomic E-state index is -0.772. The standard InChI is InChI=1S/C14H20FN3O2/c1-8(19)17-9-5-6-10(15)11(7-9)18-13(20)12(16)14(2,3)4/h5-7,12H,16H2,1-4H3,(H,17,19)(H,18,20)/t12-/m0/s1. The summed E-state index contributed by atoms with van der Waals surface area (Å²) in [6, 6.07) is 3.16. The number of hydrogen-bond acceptors (Lipinski definition) is 3. The fourth-order valence-electron chi connectivity index (χ4n) is 1.51. The van der Waals surface area contributed by atoms with Gasteiger partial charge in [0.1, 0.15) is 5.82 Å². The van der Waals surface area contributed by atoms with E-state index in [1.807, 2.05) is 20.8 Å². The fraction of sp³-hybridized carbons (Fsp3) is 0.429.